The van der Waals surface area contributed by atoms with Crippen LogP contribution in [0, 0.1) is 0 Å². The number of thiophene rings is 2. The standard InChI is InChI=1S/C14H12O2S3/c15-14(2-1-12-3-6-17-9-12)11-19(16)8-5-13-4-7-18-10-13/h1-10H,11H2/b2-1+,8-5-. The summed E-state index contributed by atoms with van der Waals surface area (Å²) in [6.45, 7) is 0. The molecule has 0 spiro atoms. The zero-order chi connectivity index (χ0) is 13.5. The molecule has 19 heavy (non-hydrogen) atoms. The summed E-state index contributed by atoms with van der Waals surface area (Å²) >= 11 is 1.91. The van der Waals surface area contributed by atoms with Gasteiger partial charge in [0.1, 0.15) is 5.41 Å². The Kier molecular flexibility index (Phi) is 5.60. The van der Waals surface area contributed by atoms with Crippen molar-refractivity contribution in [1.82, 2.24) is 0 Å². The van der Waals surface area contributed by atoms with Gasteiger partial charge in [0.05, 0.1) is 0 Å². The van der Waals surface area contributed by atoms with E-state index in [0.717, 1.165) is 11.1 Å². The first kappa shape index (κ1) is 14.3. The summed E-state index contributed by atoms with van der Waals surface area (Å²) < 4.78 is 11.7. The van der Waals surface area contributed by atoms with Crippen molar-refractivity contribution in [2.24, 2.45) is 0 Å². The van der Waals surface area contributed by atoms with Crippen LogP contribution in [0.15, 0.2) is 45.1 Å². The van der Waals surface area contributed by atoms with E-state index in [1.54, 1.807) is 40.2 Å². The summed E-state index contributed by atoms with van der Waals surface area (Å²) in [5, 5.41) is 9.39. The summed E-state index contributed by atoms with van der Waals surface area (Å²) in [6.07, 6.45) is 5.01. The molecule has 2 nitrogen and oxygen atoms in total. The Balaban J connectivity index is 1.82. The summed E-state index contributed by atoms with van der Waals surface area (Å²) in [5.74, 6) is -0.0964. The lowest BCUT2D eigenvalue weighted by molar-refractivity contribution is -0.112. The minimum Gasteiger partial charge on any atom is -0.612 e. The van der Waals surface area contributed by atoms with E-state index in [9.17, 15) is 9.35 Å². The molecule has 1 atom stereocenters. The van der Waals surface area contributed by atoms with Gasteiger partial charge in [-0.25, -0.2) is 0 Å². The zero-order valence-electron chi connectivity index (χ0n) is 10.0. The van der Waals surface area contributed by atoms with Crippen LogP contribution in [0.1, 0.15) is 11.1 Å². The highest BCUT2D eigenvalue weighted by molar-refractivity contribution is 7.95. The summed E-state index contributed by atoms with van der Waals surface area (Å²) in [6, 6.07) is 3.87. The van der Waals surface area contributed by atoms with Gasteiger partial charge >= 0.3 is 0 Å². The average Bonchev–Trinajstić information content (AvgIpc) is 3.07. The average molecular weight is 308 g/mol. The maximum Gasteiger partial charge on any atom is 0.205 e. The number of allylic oxidation sites excluding steroid dienone is 1. The topological polar surface area (TPSA) is 40.1 Å². The number of hydrogen-bond donors (Lipinski definition) is 0. The van der Waals surface area contributed by atoms with E-state index in [1.807, 2.05) is 33.7 Å². The molecule has 2 rings (SSSR count). The molecule has 0 radical (unpaired) electrons. The second-order valence-electron chi connectivity index (χ2n) is 3.74. The molecule has 0 saturated carbocycles. The van der Waals surface area contributed by atoms with Crippen molar-refractivity contribution in [2.75, 3.05) is 5.75 Å². The Hall–Kier alpha value is -1.14. The molecule has 2 heterocycles. The lowest BCUT2D eigenvalue weighted by atomic mass is 10.3. The van der Waals surface area contributed by atoms with Gasteiger partial charge in [-0.05, 0) is 68.1 Å². The van der Waals surface area contributed by atoms with E-state index < -0.39 is 11.2 Å². The van der Waals surface area contributed by atoms with Crippen LogP contribution in [0.2, 0.25) is 0 Å². The zero-order valence-corrected chi connectivity index (χ0v) is 12.5. The van der Waals surface area contributed by atoms with E-state index >= 15 is 0 Å². The van der Waals surface area contributed by atoms with Crippen LogP contribution in [0.4, 0.5) is 0 Å². The molecule has 5 heteroatoms. The Morgan fingerprint density at radius 2 is 1.79 bits per heavy atom. The smallest absolute Gasteiger partial charge is 0.205 e. The molecule has 0 saturated heterocycles. The lowest BCUT2D eigenvalue weighted by Gasteiger charge is -2.01. The fourth-order valence-corrected chi connectivity index (χ4v) is 3.36. The Morgan fingerprint density at radius 3 is 2.37 bits per heavy atom. The molecule has 98 valence electrons. The first-order chi connectivity index (χ1) is 9.24. The third-order valence-electron chi connectivity index (χ3n) is 2.24. The maximum atomic E-state index is 11.7. The third kappa shape index (κ3) is 5.16. The number of carbonyl (C=O) groups excluding carboxylic acids is 1. The second-order valence-corrected chi connectivity index (χ2v) is 6.62. The highest BCUT2D eigenvalue weighted by Gasteiger charge is 2.07. The van der Waals surface area contributed by atoms with Crippen molar-refractivity contribution in [3.8, 4) is 0 Å². The molecule has 0 aliphatic rings. The van der Waals surface area contributed by atoms with Crippen molar-refractivity contribution in [1.29, 1.82) is 0 Å². The van der Waals surface area contributed by atoms with Gasteiger partial charge in [-0.15, -0.1) is 0 Å². The summed E-state index contributed by atoms with van der Waals surface area (Å²) in [7, 11) is 0. The number of rotatable bonds is 6. The lowest BCUT2D eigenvalue weighted by Crippen LogP contribution is -2.11. The first-order valence-corrected chi connectivity index (χ1v) is 8.81. The largest absolute Gasteiger partial charge is 0.612 e. The van der Waals surface area contributed by atoms with Crippen LogP contribution >= 0.6 is 22.7 Å². The number of hydrogen-bond acceptors (Lipinski definition) is 4. The van der Waals surface area contributed by atoms with E-state index in [4.69, 9.17) is 0 Å². The van der Waals surface area contributed by atoms with Crippen molar-refractivity contribution >= 4 is 51.8 Å². The highest BCUT2D eigenvalue weighted by Crippen LogP contribution is 2.10. The first-order valence-electron chi connectivity index (χ1n) is 5.55. The van der Waals surface area contributed by atoms with Gasteiger partial charge in [-0.2, -0.15) is 22.7 Å². The van der Waals surface area contributed by atoms with Crippen LogP contribution in [0.25, 0.3) is 12.2 Å². The molecule has 0 aliphatic heterocycles. The summed E-state index contributed by atoms with van der Waals surface area (Å²) in [5.41, 5.74) is 2.01. The van der Waals surface area contributed by atoms with E-state index in [-0.39, 0.29) is 11.5 Å². The van der Waals surface area contributed by atoms with Crippen LogP contribution in [-0.4, -0.2) is 16.1 Å². The van der Waals surface area contributed by atoms with Crippen molar-refractivity contribution in [3.63, 3.8) is 0 Å². The van der Waals surface area contributed by atoms with Gasteiger partial charge in [-0.3, -0.25) is 4.79 Å². The fourth-order valence-electron chi connectivity index (χ4n) is 1.32. The molecule has 0 amide bonds. The molecule has 2 aromatic heterocycles. The van der Waals surface area contributed by atoms with Crippen LogP contribution in [0.3, 0.4) is 0 Å². The van der Waals surface area contributed by atoms with Crippen LogP contribution < -0.4 is 0 Å². The Bertz CT molecular complexity index is 554. The normalized spacial score (nSPS) is 13.3. The maximum absolute atomic E-state index is 11.7. The van der Waals surface area contributed by atoms with Crippen molar-refractivity contribution < 1.29 is 9.35 Å². The number of ketones is 1. The molecule has 2 aromatic rings. The van der Waals surface area contributed by atoms with E-state index in [0.29, 0.717) is 0 Å². The van der Waals surface area contributed by atoms with Gasteiger partial charge < -0.3 is 4.55 Å². The van der Waals surface area contributed by atoms with Crippen LogP contribution in [0.5, 0.6) is 0 Å². The number of carbonyl (C=O) groups is 1. The van der Waals surface area contributed by atoms with Crippen molar-refractivity contribution in [2.45, 2.75) is 0 Å². The highest BCUT2D eigenvalue weighted by atomic mass is 32.2. The monoisotopic (exact) mass is 308 g/mol. The molecular formula is C14H12O2S3. The van der Waals surface area contributed by atoms with Crippen molar-refractivity contribution in [3.05, 3.63) is 56.3 Å². The minimum absolute atomic E-state index is 0.0290. The quantitative estimate of drug-likeness (QED) is 0.601. The van der Waals surface area contributed by atoms with Crippen LogP contribution in [-0.2, 0) is 16.0 Å². The van der Waals surface area contributed by atoms with E-state index in [2.05, 4.69) is 0 Å². The van der Waals surface area contributed by atoms with Gasteiger partial charge in [0.2, 0.25) is 5.78 Å². The second kappa shape index (κ2) is 7.45. The van der Waals surface area contributed by atoms with Gasteiger partial charge in [-0.1, -0.05) is 6.08 Å². The molecule has 0 aromatic carbocycles. The molecule has 0 aliphatic carbocycles. The molecule has 0 fully saturated rings. The molecule has 0 bridgehead atoms. The Labute approximate surface area is 123 Å². The third-order valence-corrected chi connectivity index (χ3v) is 4.66. The molecular weight excluding hydrogens is 296 g/mol. The fraction of sp³-hybridized carbons (Fsp3) is 0.0714. The predicted molar refractivity (Wildman–Crippen MR) is 84.7 cm³/mol. The predicted octanol–water partition coefficient (Wildman–Crippen LogP) is 3.81. The Morgan fingerprint density at radius 1 is 1.16 bits per heavy atom. The molecule has 0 N–H and O–H groups in total. The van der Waals surface area contributed by atoms with Gasteiger partial charge in [0.25, 0.3) is 0 Å². The van der Waals surface area contributed by atoms with Gasteiger partial charge in [0.15, 0.2) is 5.75 Å². The SMILES string of the molecule is O=C(/C=C/c1ccsc1)C[S+]([O-])/C=C\c1ccsc1. The van der Waals surface area contributed by atoms with Gasteiger partial charge in [0, 0.05) is 0 Å². The van der Waals surface area contributed by atoms with E-state index in [1.165, 1.54) is 6.08 Å². The summed E-state index contributed by atoms with van der Waals surface area (Å²) in [4.78, 5) is 11.6. The minimum atomic E-state index is -1.26. The molecule has 1 unspecified atom stereocenters.